The number of nitrogens with one attached hydrogen (secondary N) is 1. The number of aromatic amines is 1. The molecule has 3 atom stereocenters. The van der Waals surface area contributed by atoms with Gasteiger partial charge in [0.1, 0.15) is 12.1 Å². The van der Waals surface area contributed by atoms with E-state index in [-0.39, 0.29) is 46.7 Å². The Balaban J connectivity index is 1.15. The Kier molecular flexibility index (Phi) is 6.10. The second-order valence-corrected chi connectivity index (χ2v) is 11.8. The third-order valence-electron chi connectivity index (χ3n) is 9.32. The molecule has 1 amide bonds. The molecule has 0 radical (unpaired) electrons. The molecule has 1 aliphatic carbocycles. The summed E-state index contributed by atoms with van der Waals surface area (Å²) in [5, 5.41) is 11.2. The molecule has 5 aromatic rings. The van der Waals surface area contributed by atoms with Crippen LogP contribution in [0.1, 0.15) is 72.2 Å². The van der Waals surface area contributed by atoms with Gasteiger partial charge < -0.3 is 15.4 Å². The van der Waals surface area contributed by atoms with E-state index in [1.54, 1.807) is 29.0 Å². The van der Waals surface area contributed by atoms with Crippen LogP contribution in [0.15, 0.2) is 43.0 Å². The molecular weight excluding hydrogens is 568 g/mol. The number of nitrogens with zero attached hydrogens (tertiary/aromatic N) is 7. The fourth-order valence-electron chi connectivity index (χ4n) is 7.11. The normalized spacial score (nSPS) is 21.2. The lowest BCUT2D eigenvalue weighted by Crippen LogP contribution is -2.46. The number of carbonyl (C=O) groups excluding carboxylic acids is 1. The smallest absolute Gasteiger partial charge is 0.291 e. The van der Waals surface area contributed by atoms with E-state index in [0.29, 0.717) is 17.4 Å². The molecule has 13 heteroatoms. The van der Waals surface area contributed by atoms with Crippen molar-refractivity contribution in [3.63, 3.8) is 0 Å². The summed E-state index contributed by atoms with van der Waals surface area (Å²) < 4.78 is 35.6. The first-order chi connectivity index (χ1) is 21.4. The maximum atomic E-state index is 14.7. The van der Waals surface area contributed by atoms with Crippen LogP contribution in [0.5, 0.6) is 5.75 Å². The molecular formula is C31H29F2N9O2. The maximum Gasteiger partial charge on any atom is 0.291 e. The number of methoxy groups -OCH3 is 1. The number of aromatic nitrogens is 7. The second kappa shape index (κ2) is 10.1. The number of pyridine rings is 1. The Morgan fingerprint density at radius 3 is 2.43 bits per heavy atom. The number of anilines is 1. The van der Waals surface area contributed by atoms with Gasteiger partial charge in [-0.15, -0.1) is 0 Å². The lowest BCUT2D eigenvalue weighted by Gasteiger charge is -2.39. The van der Waals surface area contributed by atoms with E-state index in [2.05, 4.69) is 25.3 Å². The van der Waals surface area contributed by atoms with Crippen LogP contribution in [0.4, 0.5) is 14.6 Å². The van der Waals surface area contributed by atoms with Crippen molar-refractivity contribution in [2.24, 2.45) is 0 Å². The molecule has 4 aromatic heterocycles. The minimum Gasteiger partial charge on any atom is -0.494 e. The fraction of sp³-hybridized carbons (Fsp3) is 0.355. The number of fused-ring (bicyclic) bond motifs is 3. The van der Waals surface area contributed by atoms with Gasteiger partial charge in [0.25, 0.3) is 5.91 Å². The molecule has 2 aliphatic heterocycles. The number of H-pyrrole nitrogens is 1. The summed E-state index contributed by atoms with van der Waals surface area (Å²) in [7, 11) is 1.29. The van der Waals surface area contributed by atoms with E-state index in [1.165, 1.54) is 25.6 Å². The number of amides is 1. The molecule has 2 bridgehead atoms. The Labute approximate surface area is 250 Å². The molecule has 3 fully saturated rings. The summed E-state index contributed by atoms with van der Waals surface area (Å²) in [4.78, 5) is 29.0. The van der Waals surface area contributed by atoms with Crippen LogP contribution in [0, 0.1) is 11.6 Å². The van der Waals surface area contributed by atoms with Crippen LogP contribution in [-0.2, 0) is 0 Å². The van der Waals surface area contributed by atoms with Crippen LogP contribution in [0.2, 0.25) is 0 Å². The Morgan fingerprint density at radius 1 is 0.977 bits per heavy atom. The largest absolute Gasteiger partial charge is 0.494 e. The molecule has 3 N–H and O–H groups in total. The van der Waals surface area contributed by atoms with Crippen molar-refractivity contribution in [1.82, 2.24) is 39.7 Å². The highest BCUT2D eigenvalue weighted by molar-refractivity contribution is 5.91. The van der Waals surface area contributed by atoms with Crippen molar-refractivity contribution < 1.29 is 18.3 Å². The van der Waals surface area contributed by atoms with E-state index in [9.17, 15) is 13.6 Å². The molecule has 44 heavy (non-hydrogen) atoms. The van der Waals surface area contributed by atoms with Gasteiger partial charge in [0.05, 0.1) is 24.7 Å². The number of carbonyl (C=O) groups is 1. The molecule has 1 saturated carbocycles. The van der Waals surface area contributed by atoms with Gasteiger partial charge in [-0.2, -0.15) is 19.1 Å². The van der Waals surface area contributed by atoms with E-state index in [0.717, 1.165) is 60.9 Å². The summed E-state index contributed by atoms with van der Waals surface area (Å²) in [5.41, 5.74) is 11.3. The highest BCUT2D eigenvalue weighted by Gasteiger charge is 2.46. The standard InChI is InChI=1S/C31H29F2N9O2/c1-44-23-9-7-20(25(32)26(23)33)22-8-4-16(12-35-22)21-13-38-42-28(34)24(15-2-3-15)27(39-30(21)42)17-10-18-5-6-19(11-17)41(18)31(43)29-36-14-37-40-29/h4,7-9,12-15,17-19H,2-3,5-6,10-11,34H2,1H3,(H,36,37,40)/t17?,18-,19+. The first kappa shape index (κ1) is 26.7. The number of hydrogen-bond acceptors (Lipinski definition) is 8. The van der Waals surface area contributed by atoms with Crippen LogP contribution < -0.4 is 10.5 Å². The van der Waals surface area contributed by atoms with Gasteiger partial charge in [0, 0.05) is 46.5 Å². The van der Waals surface area contributed by atoms with Crippen LogP contribution in [0.3, 0.4) is 0 Å². The molecule has 0 spiro atoms. The molecule has 1 aromatic carbocycles. The average Bonchev–Trinajstić information content (AvgIpc) is 3.42. The number of benzene rings is 1. The Hall–Kier alpha value is -4.94. The predicted octanol–water partition coefficient (Wildman–Crippen LogP) is 4.87. The predicted molar refractivity (Wildman–Crippen MR) is 156 cm³/mol. The Morgan fingerprint density at radius 2 is 1.77 bits per heavy atom. The minimum absolute atomic E-state index is 0.0382. The van der Waals surface area contributed by atoms with Crippen molar-refractivity contribution in [1.29, 1.82) is 0 Å². The second-order valence-electron chi connectivity index (χ2n) is 11.8. The van der Waals surface area contributed by atoms with Gasteiger partial charge in [-0.25, -0.2) is 14.4 Å². The molecule has 1 unspecified atom stereocenters. The first-order valence-electron chi connectivity index (χ1n) is 14.8. The first-order valence-corrected chi connectivity index (χ1v) is 14.8. The third kappa shape index (κ3) is 4.13. The molecule has 224 valence electrons. The van der Waals surface area contributed by atoms with Gasteiger partial charge in [0.2, 0.25) is 11.6 Å². The number of nitrogen functional groups attached to an aromatic ring is 1. The lowest BCUT2D eigenvalue weighted by atomic mass is 9.85. The van der Waals surface area contributed by atoms with Gasteiger partial charge >= 0.3 is 0 Å². The van der Waals surface area contributed by atoms with E-state index < -0.39 is 11.6 Å². The van der Waals surface area contributed by atoms with E-state index in [4.69, 9.17) is 15.5 Å². The third-order valence-corrected chi connectivity index (χ3v) is 9.32. The van der Waals surface area contributed by atoms with Gasteiger partial charge in [-0.05, 0) is 62.6 Å². The van der Waals surface area contributed by atoms with Crippen molar-refractivity contribution in [3.05, 3.63) is 71.7 Å². The SMILES string of the molecule is COc1ccc(-c2ccc(-c3cnn4c(N)c(C5CC5)c(C5C[C@H]6CC[C@@H](C5)N6C(=O)c5ncn[nH]5)nc34)cn2)c(F)c1F. The van der Waals surface area contributed by atoms with Crippen LogP contribution in [-0.4, -0.2) is 64.8 Å². The number of rotatable bonds is 6. The zero-order valence-electron chi connectivity index (χ0n) is 23.9. The zero-order valence-corrected chi connectivity index (χ0v) is 23.9. The zero-order chi connectivity index (χ0) is 30.1. The Bertz CT molecular complexity index is 1890. The van der Waals surface area contributed by atoms with Gasteiger partial charge in [-0.3, -0.25) is 14.9 Å². The van der Waals surface area contributed by atoms with Crippen molar-refractivity contribution >= 4 is 17.4 Å². The number of ether oxygens (including phenoxy) is 1. The fourth-order valence-corrected chi connectivity index (χ4v) is 7.11. The van der Waals surface area contributed by atoms with Crippen molar-refractivity contribution in [2.75, 3.05) is 12.8 Å². The molecule has 8 rings (SSSR count). The number of halogens is 2. The van der Waals surface area contributed by atoms with Gasteiger partial charge in [0.15, 0.2) is 17.2 Å². The lowest BCUT2D eigenvalue weighted by molar-refractivity contribution is 0.0557. The van der Waals surface area contributed by atoms with Crippen LogP contribution >= 0.6 is 0 Å². The van der Waals surface area contributed by atoms with Crippen molar-refractivity contribution in [3.8, 4) is 28.1 Å². The number of piperidine rings is 1. The number of hydrogen-bond donors (Lipinski definition) is 2. The average molecular weight is 598 g/mol. The quantitative estimate of drug-likeness (QED) is 0.283. The summed E-state index contributed by atoms with van der Waals surface area (Å²) >= 11 is 0. The highest BCUT2D eigenvalue weighted by Crippen LogP contribution is 2.50. The van der Waals surface area contributed by atoms with Gasteiger partial charge in [-0.1, -0.05) is 6.07 Å². The molecule has 6 heterocycles. The molecule has 11 nitrogen and oxygen atoms in total. The van der Waals surface area contributed by atoms with E-state index >= 15 is 0 Å². The minimum atomic E-state index is -1.06. The number of nitrogens with two attached hydrogens (primary N) is 1. The monoisotopic (exact) mass is 597 g/mol. The summed E-state index contributed by atoms with van der Waals surface area (Å²) in [6.07, 6.45) is 10.3. The van der Waals surface area contributed by atoms with E-state index in [1.807, 2.05) is 4.90 Å². The summed E-state index contributed by atoms with van der Waals surface area (Å²) in [6.45, 7) is 0. The topological polar surface area (TPSA) is 140 Å². The summed E-state index contributed by atoms with van der Waals surface area (Å²) in [6, 6.07) is 6.44. The molecule has 3 aliphatic rings. The summed E-state index contributed by atoms with van der Waals surface area (Å²) in [5.74, 6) is -0.997. The highest BCUT2D eigenvalue weighted by atomic mass is 19.2. The molecule has 2 saturated heterocycles. The van der Waals surface area contributed by atoms with Crippen LogP contribution in [0.25, 0.3) is 28.0 Å². The maximum absolute atomic E-state index is 14.7. The van der Waals surface area contributed by atoms with Crippen molar-refractivity contribution in [2.45, 2.75) is 62.4 Å².